The predicted molar refractivity (Wildman–Crippen MR) is 110 cm³/mol. The van der Waals surface area contributed by atoms with Gasteiger partial charge in [-0.25, -0.2) is 14.5 Å². The van der Waals surface area contributed by atoms with Crippen molar-refractivity contribution in [1.82, 2.24) is 24.5 Å². The number of rotatable bonds is 3. The average Bonchev–Trinajstić information content (AvgIpc) is 3.30. The fraction of sp³-hybridized carbons (Fsp3) is 0.300. The zero-order valence-corrected chi connectivity index (χ0v) is 16.5. The molecule has 4 aromatic rings. The Balaban J connectivity index is 1.52. The van der Waals surface area contributed by atoms with Crippen LogP contribution < -0.4 is 5.32 Å². The monoisotopic (exact) mass is 392 g/mol. The fourth-order valence-electron chi connectivity index (χ4n) is 3.92. The number of fused-ring (bicyclic) bond motifs is 4. The lowest BCUT2D eigenvalue weighted by Gasteiger charge is -2.24. The molecule has 4 aromatic heterocycles. The van der Waals surface area contributed by atoms with Crippen LogP contribution in [0.1, 0.15) is 16.9 Å². The van der Waals surface area contributed by atoms with Crippen molar-refractivity contribution in [2.75, 3.05) is 19.4 Å². The molecule has 1 aliphatic rings. The van der Waals surface area contributed by atoms with Crippen molar-refractivity contribution < 1.29 is 4.79 Å². The number of nitrogens with zero attached hydrogens (tertiary/aromatic N) is 5. The summed E-state index contributed by atoms with van der Waals surface area (Å²) >= 11 is 1.69. The molecule has 0 aliphatic heterocycles. The van der Waals surface area contributed by atoms with E-state index in [0.717, 1.165) is 46.5 Å². The van der Waals surface area contributed by atoms with Gasteiger partial charge in [0.25, 0.3) is 0 Å². The van der Waals surface area contributed by atoms with Crippen molar-refractivity contribution in [3.8, 4) is 0 Å². The highest BCUT2D eigenvalue weighted by molar-refractivity contribution is 7.19. The summed E-state index contributed by atoms with van der Waals surface area (Å²) in [6.07, 6.45) is 7.84. The Labute approximate surface area is 166 Å². The van der Waals surface area contributed by atoms with Gasteiger partial charge in [-0.3, -0.25) is 4.79 Å². The normalized spacial score (nSPS) is 16.3. The van der Waals surface area contributed by atoms with Crippen LogP contribution in [0.2, 0.25) is 0 Å². The summed E-state index contributed by atoms with van der Waals surface area (Å²) in [5, 5.41) is 8.78. The molecule has 8 heteroatoms. The van der Waals surface area contributed by atoms with Crippen LogP contribution in [0.25, 0.3) is 15.7 Å². The van der Waals surface area contributed by atoms with Gasteiger partial charge in [0.05, 0.1) is 10.9 Å². The lowest BCUT2D eigenvalue weighted by molar-refractivity contribution is -0.133. The van der Waals surface area contributed by atoms with Gasteiger partial charge in [0.2, 0.25) is 5.91 Å². The van der Waals surface area contributed by atoms with E-state index >= 15 is 0 Å². The number of thiophene rings is 1. The minimum Gasteiger partial charge on any atom is -0.349 e. The van der Waals surface area contributed by atoms with Gasteiger partial charge < -0.3 is 10.2 Å². The smallest absolute Gasteiger partial charge is 0.225 e. The first-order chi connectivity index (χ1) is 13.6. The van der Waals surface area contributed by atoms with Gasteiger partial charge in [-0.05, 0) is 43.0 Å². The molecule has 0 fully saturated rings. The molecule has 7 nitrogen and oxygen atoms in total. The number of aromatic nitrogens is 4. The number of carbonyl (C=O) groups excluding carboxylic acids is 1. The standard InChI is InChI=1S/C20H20N6OS/c1-25(2)20(27)12-3-4-15-16(9-12)28-19-17(15)18(21-11-22-19)24-13-6-8-26-14(10-13)5-7-23-26/h5-8,10-12H,3-4,9H2,1-2H3,(H,21,22,24)/t12-/m0/s1. The third-order valence-electron chi connectivity index (χ3n) is 5.30. The summed E-state index contributed by atoms with van der Waals surface area (Å²) in [6, 6.07) is 6.00. The molecule has 142 valence electrons. The number of nitrogens with one attached hydrogen (secondary N) is 1. The van der Waals surface area contributed by atoms with Gasteiger partial charge in [-0.15, -0.1) is 11.3 Å². The first-order valence-corrected chi connectivity index (χ1v) is 10.1. The summed E-state index contributed by atoms with van der Waals surface area (Å²) in [6.45, 7) is 0. The molecular weight excluding hydrogens is 372 g/mol. The molecule has 0 radical (unpaired) electrons. The second-order valence-corrected chi connectivity index (χ2v) is 8.40. The number of amides is 1. The molecular formula is C20H20N6OS. The van der Waals surface area contributed by atoms with E-state index in [9.17, 15) is 4.79 Å². The molecule has 0 saturated heterocycles. The van der Waals surface area contributed by atoms with Crippen molar-refractivity contribution in [3.05, 3.63) is 47.4 Å². The maximum atomic E-state index is 12.4. The van der Waals surface area contributed by atoms with Crippen molar-refractivity contribution in [2.24, 2.45) is 5.92 Å². The third-order valence-corrected chi connectivity index (χ3v) is 6.46. The van der Waals surface area contributed by atoms with Gasteiger partial charge in [-0.1, -0.05) is 0 Å². The van der Waals surface area contributed by atoms with E-state index in [-0.39, 0.29) is 11.8 Å². The third kappa shape index (κ3) is 2.80. The van der Waals surface area contributed by atoms with E-state index in [1.54, 1.807) is 28.8 Å². The van der Waals surface area contributed by atoms with Crippen LogP contribution in [0.3, 0.4) is 0 Å². The molecule has 1 atom stereocenters. The maximum Gasteiger partial charge on any atom is 0.225 e. The van der Waals surface area contributed by atoms with E-state index in [2.05, 4.69) is 20.4 Å². The number of hydrogen-bond donors (Lipinski definition) is 1. The first-order valence-electron chi connectivity index (χ1n) is 9.27. The molecule has 1 aliphatic carbocycles. The number of anilines is 2. The van der Waals surface area contributed by atoms with Crippen LogP contribution in [-0.4, -0.2) is 44.5 Å². The van der Waals surface area contributed by atoms with E-state index < -0.39 is 0 Å². The van der Waals surface area contributed by atoms with Crippen molar-refractivity contribution in [2.45, 2.75) is 19.3 Å². The van der Waals surface area contributed by atoms with Crippen LogP contribution in [0, 0.1) is 5.92 Å². The summed E-state index contributed by atoms with van der Waals surface area (Å²) < 4.78 is 1.83. The van der Waals surface area contributed by atoms with Crippen molar-refractivity contribution in [3.63, 3.8) is 0 Å². The molecule has 0 bridgehead atoms. The Morgan fingerprint density at radius 2 is 2.21 bits per heavy atom. The molecule has 0 spiro atoms. The highest BCUT2D eigenvalue weighted by Crippen LogP contribution is 2.40. The van der Waals surface area contributed by atoms with Crippen molar-refractivity contribution in [1.29, 1.82) is 0 Å². The van der Waals surface area contributed by atoms with Gasteiger partial charge in [-0.2, -0.15) is 5.10 Å². The van der Waals surface area contributed by atoms with Gasteiger partial charge in [0.1, 0.15) is 17.0 Å². The Hall–Kier alpha value is -3.00. The van der Waals surface area contributed by atoms with E-state index in [1.807, 2.05) is 43.0 Å². The second kappa shape index (κ2) is 6.56. The zero-order chi connectivity index (χ0) is 19.3. The Morgan fingerprint density at radius 1 is 1.32 bits per heavy atom. The van der Waals surface area contributed by atoms with Crippen LogP contribution in [0.5, 0.6) is 0 Å². The van der Waals surface area contributed by atoms with E-state index in [0.29, 0.717) is 0 Å². The summed E-state index contributed by atoms with van der Waals surface area (Å²) in [5.41, 5.74) is 3.27. The molecule has 28 heavy (non-hydrogen) atoms. The average molecular weight is 392 g/mol. The summed E-state index contributed by atoms with van der Waals surface area (Å²) in [4.78, 5) is 25.3. The highest BCUT2D eigenvalue weighted by atomic mass is 32.1. The molecule has 5 rings (SSSR count). The minimum atomic E-state index is 0.0594. The number of aryl methyl sites for hydroxylation is 1. The van der Waals surface area contributed by atoms with Crippen molar-refractivity contribution >= 4 is 44.5 Å². The van der Waals surface area contributed by atoms with Crippen LogP contribution in [0.15, 0.2) is 36.9 Å². The van der Waals surface area contributed by atoms with Gasteiger partial charge in [0, 0.05) is 43.0 Å². The SMILES string of the molecule is CN(C)C(=O)[C@H]1CCc2c(sc3ncnc(Nc4ccn5nccc5c4)c23)C1. The van der Waals surface area contributed by atoms with Crippen LogP contribution in [0.4, 0.5) is 11.5 Å². The quantitative estimate of drug-likeness (QED) is 0.579. The van der Waals surface area contributed by atoms with Crippen LogP contribution in [-0.2, 0) is 17.6 Å². The molecule has 1 amide bonds. The van der Waals surface area contributed by atoms with Crippen LogP contribution >= 0.6 is 11.3 Å². The molecule has 1 N–H and O–H groups in total. The highest BCUT2D eigenvalue weighted by Gasteiger charge is 2.29. The Morgan fingerprint density at radius 3 is 3.07 bits per heavy atom. The Kier molecular flexibility index (Phi) is 4.01. The molecule has 4 heterocycles. The lowest BCUT2D eigenvalue weighted by atomic mass is 9.87. The van der Waals surface area contributed by atoms with Gasteiger partial charge in [0.15, 0.2) is 0 Å². The minimum absolute atomic E-state index is 0.0594. The summed E-state index contributed by atoms with van der Waals surface area (Å²) in [7, 11) is 3.65. The fourth-order valence-corrected chi connectivity index (χ4v) is 5.18. The summed E-state index contributed by atoms with van der Waals surface area (Å²) in [5.74, 6) is 1.09. The number of hydrogen-bond acceptors (Lipinski definition) is 6. The first kappa shape index (κ1) is 17.1. The number of pyridine rings is 1. The zero-order valence-electron chi connectivity index (χ0n) is 15.7. The topological polar surface area (TPSA) is 75.4 Å². The Bertz CT molecular complexity index is 1190. The molecule has 0 unspecified atom stereocenters. The van der Waals surface area contributed by atoms with Gasteiger partial charge >= 0.3 is 0 Å². The largest absolute Gasteiger partial charge is 0.349 e. The van der Waals surface area contributed by atoms with E-state index in [4.69, 9.17) is 0 Å². The molecule has 0 saturated carbocycles. The lowest BCUT2D eigenvalue weighted by Crippen LogP contribution is -2.32. The maximum absolute atomic E-state index is 12.4. The predicted octanol–water partition coefficient (Wildman–Crippen LogP) is 3.28. The van der Waals surface area contributed by atoms with E-state index in [1.165, 1.54) is 10.4 Å². The molecule has 0 aromatic carbocycles. The number of carbonyl (C=O) groups is 1. The second-order valence-electron chi connectivity index (χ2n) is 7.32.